The van der Waals surface area contributed by atoms with Crippen LogP contribution in [-0.4, -0.2) is 64.2 Å². The lowest BCUT2D eigenvalue weighted by Crippen LogP contribution is -2.39. The van der Waals surface area contributed by atoms with Gasteiger partial charge in [0.2, 0.25) is 5.91 Å². The fourth-order valence-corrected chi connectivity index (χ4v) is 2.31. The SMILES string of the molecule is CNC(=O)CCOC1C(O)[C@H](CO)O[C@@H]1n1ccc(=O)[nH]c1=O. The third-order valence-corrected chi connectivity index (χ3v) is 3.54. The van der Waals surface area contributed by atoms with Crippen LogP contribution in [0, 0.1) is 0 Å². The van der Waals surface area contributed by atoms with Gasteiger partial charge in [-0.2, -0.15) is 0 Å². The van der Waals surface area contributed by atoms with Crippen LogP contribution in [0.5, 0.6) is 0 Å². The van der Waals surface area contributed by atoms with Gasteiger partial charge in [-0.25, -0.2) is 4.79 Å². The average Bonchev–Trinajstić information content (AvgIpc) is 2.83. The summed E-state index contributed by atoms with van der Waals surface area (Å²) in [5.41, 5.74) is -1.30. The molecule has 1 amide bonds. The van der Waals surface area contributed by atoms with Crippen molar-refractivity contribution in [3.05, 3.63) is 33.1 Å². The van der Waals surface area contributed by atoms with Gasteiger partial charge in [0.05, 0.1) is 13.2 Å². The molecular formula is C13H19N3O7. The van der Waals surface area contributed by atoms with Crippen LogP contribution in [0.2, 0.25) is 0 Å². The van der Waals surface area contributed by atoms with Crippen LogP contribution in [0.1, 0.15) is 12.6 Å². The number of hydrogen-bond acceptors (Lipinski definition) is 7. The molecule has 2 heterocycles. The van der Waals surface area contributed by atoms with Crippen LogP contribution in [0.4, 0.5) is 0 Å². The molecule has 1 aromatic heterocycles. The summed E-state index contributed by atoms with van der Waals surface area (Å²) >= 11 is 0. The highest BCUT2D eigenvalue weighted by Gasteiger charge is 2.45. The molecule has 1 aliphatic rings. The van der Waals surface area contributed by atoms with Gasteiger partial charge in [0, 0.05) is 25.7 Å². The monoisotopic (exact) mass is 329 g/mol. The Labute approximate surface area is 130 Å². The van der Waals surface area contributed by atoms with Crippen molar-refractivity contribution in [1.82, 2.24) is 14.9 Å². The van der Waals surface area contributed by atoms with Gasteiger partial charge in [-0.1, -0.05) is 0 Å². The first-order valence-corrected chi connectivity index (χ1v) is 7.06. The topological polar surface area (TPSA) is 143 Å². The van der Waals surface area contributed by atoms with Gasteiger partial charge in [0.25, 0.3) is 5.56 Å². The van der Waals surface area contributed by atoms with E-state index in [-0.39, 0.29) is 18.9 Å². The van der Waals surface area contributed by atoms with E-state index in [1.807, 2.05) is 0 Å². The van der Waals surface area contributed by atoms with Crippen LogP contribution < -0.4 is 16.6 Å². The van der Waals surface area contributed by atoms with Gasteiger partial charge >= 0.3 is 5.69 Å². The highest BCUT2D eigenvalue weighted by atomic mass is 16.6. The summed E-state index contributed by atoms with van der Waals surface area (Å²) in [4.78, 5) is 36.3. The van der Waals surface area contributed by atoms with Crippen LogP contribution in [-0.2, 0) is 14.3 Å². The normalized spacial score (nSPS) is 27.1. The van der Waals surface area contributed by atoms with E-state index in [0.29, 0.717) is 0 Å². The number of carbonyl (C=O) groups excluding carboxylic acids is 1. The average molecular weight is 329 g/mol. The summed E-state index contributed by atoms with van der Waals surface area (Å²) in [5, 5.41) is 21.8. The lowest BCUT2D eigenvalue weighted by Gasteiger charge is -2.22. The summed E-state index contributed by atoms with van der Waals surface area (Å²) < 4.78 is 12.0. The first-order valence-electron chi connectivity index (χ1n) is 7.06. The van der Waals surface area contributed by atoms with Crippen molar-refractivity contribution in [2.45, 2.75) is 31.0 Å². The molecule has 0 saturated carbocycles. The number of nitrogens with zero attached hydrogens (tertiary/aromatic N) is 1. The highest BCUT2D eigenvalue weighted by Crippen LogP contribution is 2.30. The van der Waals surface area contributed by atoms with E-state index in [2.05, 4.69) is 10.3 Å². The van der Waals surface area contributed by atoms with Crippen LogP contribution >= 0.6 is 0 Å². The molecule has 0 bridgehead atoms. The molecule has 1 fully saturated rings. The number of rotatable bonds is 6. The molecule has 23 heavy (non-hydrogen) atoms. The minimum absolute atomic E-state index is 0.00247. The number of H-pyrrole nitrogens is 1. The molecule has 2 unspecified atom stereocenters. The molecule has 1 aliphatic heterocycles. The Balaban J connectivity index is 2.18. The van der Waals surface area contributed by atoms with E-state index in [9.17, 15) is 24.6 Å². The highest BCUT2D eigenvalue weighted by molar-refractivity contribution is 5.75. The van der Waals surface area contributed by atoms with Gasteiger partial charge < -0.3 is 25.0 Å². The van der Waals surface area contributed by atoms with Crippen molar-refractivity contribution in [1.29, 1.82) is 0 Å². The molecule has 0 radical (unpaired) electrons. The van der Waals surface area contributed by atoms with E-state index in [4.69, 9.17) is 9.47 Å². The second kappa shape index (κ2) is 7.51. The molecule has 2 rings (SSSR count). The molecule has 4 N–H and O–H groups in total. The molecule has 1 saturated heterocycles. The minimum Gasteiger partial charge on any atom is -0.394 e. The van der Waals surface area contributed by atoms with E-state index in [1.165, 1.54) is 13.2 Å². The van der Waals surface area contributed by atoms with Crippen molar-refractivity contribution in [3.63, 3.8) is 0 Å². The molecule has 1 aromatic rings. The standard InChI is InChI=1S/C13H19N3O7/c1-14-8(18)3-5-22-11-10(20)7(6-17)23-12(11)16-4-2-9(19)15-13(16)21/h2,4,7,10-12,17,20H,3,5-6H2,1H3,(H,14,18)(H,15,19,21)/t7-,10?,11?,12-/m0/s1. The smallest absolute Gasteiger partial charge is 0.330 e. The molecule has 10 heteroatoms. The zero-order valence-electron chi connectivity index (χ0n) is 12.5. The Morgan fingerprint density at radius 3 is 2.87 bits per heavy atom. The van der Waals surface area contributed by atoms with Gasteiger partial charge in [0.15, 0.2) is 6.23 Å². The van der Waals surface area contributed by atoms with Crippen molar-refractivity contribution in [3.8, 4) is 0 Å². The summed E-state index contributed by atoms with van der Waals surface area (Å²) in [7, 11) is 1.49. The van der Waals surface area contributed by atoms with Crippen molar-refractivity contribution in [2.75, 3.05) is 20.3 Å². The second-order valence-electron chi connectivity index (χ2n) is 5.01. The predicted octanol–water partition coefficient (Wildman–Crippen LogP) is -2.69. The second-order valence-corrected chi connectivity index (χ2v) is 5.01. The maximum atomic E-state index is 11.9. The summed E-state index contributed by atoms with van der Waals surface area (Å²) in [6.07, 6.45) is -2.85. The van der Waals surface area contributed by atoms with E-state index in [1.54, 1.807) is 0 Å². The number of aromatic amines is 1. The lowest BCUT2D eigenvalue weighted by molar-refractivity contribution is -0.124. The maximum absolute atomic E-state index is 11.9. The minimum atomic E-state index is -1.19. The number of aliphatic hydroxyl groups is 2. The van der Waals surface area contributed by atoms with Crippen molar-refractivity contribution < 1.29 is 24.5 Å². The van der Waals surface area contributed by atoms with Crippen LogP contribution in [0.15, 0.2) is 21.9 Å². The molecule has 128 valence electrons. The quantitative estimate of drug-likeness (QED) is 0.445. The van der Waals surface area contributed by atoms with E-state index < -0.39 is 42.4 Å². The Bertz CT molecular complexity index is 655. The molecule has 4 atom stereocenters. The first kappa shape index (κ1) is 17.3. The first-order chi connectivity index (χ1) is 11.0. The summed E-state index contributed by atoms with van der Waals surface area (Å²) in [6, 6.07) is 1.13. The Morgan fingerprint density at radius 1 is 1.52 bits per heavy atom. The van der Waals surface area contributed by atoms with E-state index in [0.717, 1.165) is 10.6 Å². The van der Waals surface area contributed by atoms with Gasteiger partial charge in [-0.05, 0) is 0 Å². The number of aromatic nitrogens is 2. The van der Waals surface area contributed by atoms with Crippen LogP contribution in [0.25, 0.3) is 0 Å². The number of nitrogens with one attached hydrogen (secondary N) is 2. The number of ether oxygens (including phenoxy) is 2. The van der Waals surface area contributed by atoms with Crippen LogP contribution in [0.3, 0.4) is 0 Å². The summed E-state index contributed by atoms with van der Waals surface area (Å²) in [6.45, 7) is -0.470. The molecular weight excluding hydrogens is 310 g/mol. The third kappa shape index (κ3) is 3.85. The fourth-order valence-electron chi connectivity index (χ4n) is 2.31. The Hall–Kier alpha value is -2.01. The zero-order valence-corrected chi connectivity index (χ0v) is 12.5. The molecule has 0 spiro atoms. The summed E-state index contributed by atoms with van der Waals surface area (Å²) in [5.74, 6) is -0.241. The Kier molecular flexibility index (Phi) is 5.66. The predicted molar refractivity (Wildman–Crippen MR) is 76.7 cm³/mol. The Morgan fingerprint density at radius 2 is 2.26 bits per heavy atom. The number of aliphatic hydroxyl groups excluding tert-OH is 2. The molecule has 10 nitrogen and oxygen atoms in total. The maximum Gasteiger partial charge on any atom is 0.330 e. The van der Waals surface area contributed by atoms with Gasteiger partial charge in [-0.3, -0.25) is 19.1 Å². The largest absolute Gasteiger partial charge is 0.394 e. The van der Waals surface area contributed by atoms with Gasteiger partial charge in [0.1, 0.15) is 18.3 Å². The molecule has 0 aromatic carbocycles. The van der Waals surface area contributed by atoms with Crippen molar-refractivity contribution >= 4 is 5.91 Å². The number of hydrogen-bond donors (Lipinski definition) is 4. The van der Waals surface area contributed by atoms with E-state index >= 15 is 0 Å². The fraction of sp³-hybridized carbons (Fsp3) is 0.615. The zero-order chi connectivity index (χ0) is 17.0. The number of carbonyl (C=O) groups is 1. The lowest BCUT2D eigenvalue weighted by atomic mass is 10.1. The third-order valence-electron chi connectivity index (χ3n) is 3.54. The number of amides is 1. The van der Waals surface area contributed by atoms with Crippen molar-refractivity contribution in [2.24, 2.45) is 0 Å². The van der Waals surface area contributed by atoms with Gasteiger partial charge in [-0.15, -0.1) is 0 Å². The molecule has 0 aliphatic carbocycles.